The molecule has 0 saturated heterocycles. The van der Waals surface area contributed by atoms with Crippen molar-refractivity contribution in [3.8, 4) is 28.0 Å². The second kappa shape index (κ2) is 40.6. The van der Waals surface area contributed by atoms with E-state index in [1.54, 1.807) is 31.4 Å². The largest absolute Gasteiger partial charge is 2.00 e. The third-order valence-corrected chi connectivity index (χ3v) is 31.3. The molecule has 0 heterocycles. The van der Waals surface area contributed by atoms with Crippen LogP contribution in [0.4, 0.5) is 18.9 Å². The SMILES string of the molecule is COc1ccc([NH-])cc1.Cc1ccc(P(c2ccc(C)cc2)c2ccc3ccccc3c2-c2c(P(c3ccc(C)cc3)c3ccc(C)cc3)ccc3ccccc23)cc1.Cc1ccc(P(c2ccc(C)cc2)c2ccc3ccccc3c2-c2c(P(c3ccc(C)cc3)c3ccc(C)cc3)ccc3ccccc23)cc1.O.O=S(=O)([O-])C(F)(F)F.[Pd+2].[Pd]. The van der Waals surface area contributed by atoms with E-state index in [-0.39, 0.29) is 46.3 Å². The maximum Gasteiger partial charge on any atom is 2.00 e. The number of hydrogen-bond donors (Lipinski definition) is 0. The zero-order valence-electron chi connectivity index (χ0n) is 67.7. The van der Waals surface area contributed by atoms with Crippen LogP contribution in [-0.4, -0.2) is 31.1 Å². The Morgan fingerprint density at radius 2 is 0.450 bits per heavy atom. The average Bonchev–Trinajstić information content (AvgIpc) is 0.735. The van der Waals surface area contributed by atoms with Crippen molar-refractivity contribution in [1.29, 1.82) is 0 Å². The fourth-order valence-corrected chi connectivity index (χ4v) is 24.4. The van der Waals surface area contributed by atoms with Gasteiger partial charge in [-0.2, -0.15) is 13.2 Å². The first-order chi connectivity index (χ1) is 56.5. The zero-order chi connectivity index (χ0) is 82.1. The Morgan fingerprint density at radius 3 is 0.608 bits per heavy atom. The fraction of sp³-hybridized carbons (Fsp3) is 0.0962. The van der Waals surface area contributed by atoms with Gasteiger partial charge < -0.3 is 20.5 Å². The van der Waals surface area contributed by atoms with Gasteiger partial charge in [-0.25, -0.2) is 8.42 Å². The van der Waals surface area contributed by atoms with Crippen molar-refractivity contribution in [3.05, 3.63) is 414 Å². The molecule has 3 N–H and O–H groups in total. The molecule has 17 aromatic rings. The van der Waals surface area contributed by atoms with E-state index in [0.29, 0.717) is 5.69 Å². The molecule has 120 heavy (non-hydrogen) atoms. The number of hydrogen-bond acceptors (Lipinski definition) is 4. The summed E-state index contributed by atoms with van der Waals surface area (Å²) in [6.07, 6.45) is 0. The average molecular weight is 1860 g/mol. The van der Waals surface area contributed by atoms with Crippen LogP contribution in [0.3, 0.4) is 0 Å². The molecule has 0 bridgehead atoms. The standard InChI is InChI=1S/2C48H40P2.C7H8NO.CHF3O3S.H2O.2Pd/c2*1-33-13-23-39(24-14-33)49(40-25-15-34(2)16-26-40)45-31-21-37-9-5-7-11-43(37)47(45)48-44-12-8-6-10-38(44)22-32-46(48)50(41-27-17-35(3)18-28-41)42-29-19-36(4)20-30-42;1-9-7-4-2-6(8)3-5-7;2-1(3,4)8(5,6)7;;;/h2*5-32H,1-4H3;2-5,8H,1H3;(H,5,6,7);1H2;;/q;;-1;;;;+2/p-1. The van der Waals surface area contributed by atoms with Crippen LogP contribution in [0.5, 0.6) is 5.75 Å². The normalized spacial score (nSPS) is 11.2. The van der Waals surface area contributed by atoms with Crippen LogP contribution in [0.2, 0.25) is 0 Å². The predicted octanol–water partition coefficient (Wildman–Crippen LogP) is 22.4. The molecule has 0 fully saturated rings. The molecule has 0 atom stereocenters. The van der Waals surface area contributed by atoms with Gasteiger partial charge in [0.2, 0.25) is 0 Å². The second-order valence-electron chi connectivity index (χ2n) is 29.4. The van der Waals surface area contributed by atoms with Crippen molar-refractivity contribution >= 4 is 154 Å². The van der Waals surface area contributed by atoms with Crippen molar-refractivity contribution < 1.29 is 77.2 Å². The van der Waals surface area contributed by atoms with E-state index in [1.165, 1.54) is 174 Å². The van der Waals surface area contributed by atoms with Crippen molar-refractivity contribution in [3.63, 3.8) is 0 Å². The van der Waals surface area contributed by atoms with Gasteiger partial charge in [0.1, 0.15) is 5.75 Å². The smallest absolute Gasteiger partial charge is 0.741 e. The summed E-state index contributed by atoms with van der Waals surface area (Å²) in [6, 6.07) is 136. The van der Waals surface area contributed by atoms with Crippen LogP contribution in [0.15, 0.2) is 364 Å². The summed E-state index contributed by atoms with van der Waals surface area (Å²) in [5, 5.41) is 26.8. The minimum absolute atomic E-state index is 0. The Kier molecular flexibility index (Phi) is 30.8. The Balaban J connectivity index is 0.000000192. The summed E-state index contributed by atoms with van der Waals surface area (Å²) in [6.45, 7) is 17.4. The molecule has 17 aromatic carbocycles. The molecular weight excluding hydrogens is 1770 g/mol. The number of aryl methyl sites for hydroxylation is 8. The molecule has 16 heteroatoms. The van der Waals surface area contributed by atoms with E-state index in [2.05, 4.69) is 395 Å². The minimum Gasteiger partial charge on any atom is -0.741 e. The number of rotatable bonds is 15. The van der Waals surface area contributed by atoms with Crippen LogP contribution in [-0.2, 0) is 51.0 Å². The molecular formula is C104H90F3NO5P4Pd2S. The molecule has 0 spiro atoms. The molecule has 0 unspecified atom stereocenters. The van der Waals surface area contributed by atoms with E-state index in [4.69, 9.17) is 23.4 Å². The van der Waals surface area contributed by atoms with Gasteiger partial charge in [0.15, 0.2) is 10.1 Å². The molecule has 0 aromatic heterocycles. The number of alkyl halides is 3. The van der Waals surface area contributed by atoms with E-state index in [9.17, 15) is 13.2 Å². The first-order valence-corrected chi connectivity index (χ1v) is 45.4. The third-order valence-electron chi connectivity index (χ3n) is 20.8. The fourth-order valence-electron chi connectivity index (χ4n) is 14.7. The van der Waals surface area contributed by atoms with Crippen molar-refractivity contribution in [1.82, 2.24) is 0 Å². The van der Waals surface area contributed by atoms with E-state index < -0.39 is 47.3 Å². The van der Waals surface area contributed by atoms with Gasteiger partial charge in [-0.05, 0) is 228 Å². The van der Waals surface area contributed by atoms with Crippen LogP contribution in [0.25, 0.3) is 71.1 Å². The number of ether oxygens (including phenoxy) is 1. The summed E-state index contributed by atoms with van der Waals surface area (Å²) in [5.41, 5.74) is 17.7. The first-order valence-electron chi connectivity index (χ1n) is 38.7. The molecule has 0 radical (unpaired) electrons. The van der Waals surface area contributed by atoms with Crippen molar-refractivity contribution in [2.24, 2.45) is 0 Å². The summed E-state index contributed by atoms with van der Waals surface area (Å²) >= 11 is 0. The van der Waals surface area contributed by atoms with Crippen LogP contribution < -0.4 is 68.4 Å². The quantitative estimate of drug-likeness (QED) is 0.0439. The second-order valence-corrected chi connectivity index (χ2v) is 39.5. The number of methoxy groups -OCH3 is 1. The molecule has 0 aliphatic heterocycles. The van der Waals surface area contributed by atoms with Gasteiger partial charge in [0, 0.05) is 20.4 Å². The maximum absolute atomic E-state index is 10.7. The van der Waals surface area contributed by atoms with Gasteiger partial charge in [0.05, 0.1) is 7.11 Å². The summed E-state index contributed by atoms with van der Waals surface area (Å²) in [7, 11) is -8.02. The predicted molar refractivity (Wildman–Crippen MR) is 503 cm³/mol. The Hall–Kier alpha value is -9.92. The number of nitrogens with one attached hydrogen (secondary N) is 1. The maximum atomic E-state index is 10.7. The topological polar surface area (TPSA) is 122 Å². The summed E-state index contributed by atoms with van der Waals surface area (Å²) in [5.74, 6) is 0.797. The van der Waals surface area contributed by atoms with Gasteiger partial charge in [-0.1, -0.05) is 396 Å². The van der Waals surface area contributed by atoms with E-state index in [1.807, 2.05) is 0 Å². The minimum atomic E-state index is -6.09. The third kappa shape index (κ3) is 21.0. The zero-order valence-corrected chi connectivity index (χ0v) is 75.2. The Labute approximate surface area is 735 Å². The number of benzene rings is 17. The molecule has 0 amide bonds. The molecule has 6 nitrogen and oxygen atoms in total. The van der Waals surface area contributed by atoms with Gasteiger partial charge in [-0.3, -0.25) is 0 Å². The first kappa shape index (κ1) is 90.8. The monoisotopic (exact) mass is 1860 g/mol. The van der Waals surface area contributed by atoms with Crippen LogP contribution in [0.1, 0.15) is 44.5 Å². The van der Waals surface area contributed by atoms with E-state index >= 15 is 0 Å². The van der Waals surface area contributed by atoms with Crippen molar-refractivity contribution in [2.75, 3.05) is 7.11 Å². The van der Waals surface area contributed by atoms with Crippen LogP contribution >= 0.6 is 31.7 Å². The van der Waals surface area contributed by atoms with Gasteiger partial charge in [-0.15, -0.1) is 5.69 Å². The number of fused-ring (bicyclic) bond motifs is 4. The van der Waals surface area contributed by atoms with E-state index in [0.717, 1.165) is 5.75 Å². The number of halogens is 3. The summed E-state index contributed by atoms with van der Waals surface area (Å²) in [4.78, 5) is 0. The van der Waals surface area contributed by atoms with Crippen LogP contribution in [0, 0.1) is 55.4 Å². The molecule has 0 aliphatic carbocycles. The van der Waals surface area contributed by atoms with Gasteiger partial charge in [0.25, 0.3) is 0 Å². The molecule has 0 saturated carbocycles. The molecule has 608 valence electrons. The Morgan fingerprint density at radius 1 is 0.283 bits per heavy atom. The van der Waals surface area contributed by atoms with Crippen molar-refractivity contribution in [2.45, 2.75) is 60.9 Å². The molecule has 17 rings (SSSR count). The molecule has 0 aliphatic rings. The Bertz CT molecular complexity index is 5580. The van der Waals surface area contributed by atoms with Gasteiger partial charge >= 0.3 is 25.9 Å². The summed E-state index contributed by atoms with van der Waals surface area (Å²) < 4.78 is 63.8.